The van der Waals surface area contributed by atoms with E-state index >= 15 is 0 Å². The van der Waals surface area contributed by atoms with Gasteiger partial charge < -0.3 is 9.97 Å². The van der Waals surface area contributed by atoms with Gasteiger partial charge in [-0.25, -0.2) is 8.42 Å². The first-order chi connectivity index (χ1) is 11.7. The zero-order valence-electron chi connectivity index (χ0n) is 12.7. The van der Waals surface area contributed by atoms with Gasteiger partial charge in [0.15, 0.2) is 0 Å². The van der Waals surface area contributed by atoms with E-state index in [0.29, 0.717) is 26.3 Å². The number of hydrogen-bond acceptors (Lipinski definition) is 4. The van der Waals surface area contributed by atoms with Crippen molar-refractivity contribution in [1.29, 1.82) is 0 Å². The van der Waals surface area contributed by atoms with E-state index in [4.69, 9.17) is 11.6 Å². The quantitative estimate of drug-likeness (QED) is 0.539. The Labute approximate surface area is 155 Å². The number of aryl methyl sites for hydroxylation is 1. The molecule has 2 aromatic carbocycles. The summed E-state index contributed by atoms with van der Waals surface area (Å²) in [5.41, 5.74) is -0.400. The third-order valence-electron chi connectivity index (χ3n) is 3.48. The van der Waals surface area contributed by atoms with Crippen molar-refractivity contribution in [3.63, 3.8) is 0 Å². The molecule has 1 heterocycles. The van der Waals surface area contributed by atoms with Crippen LogP contribution in [0.2, 0.25) is 5.02 Å². The summed E-state index contributed by atoms with van der Waals surface area (Å²) in [4.78, 5) is 27.6. The second kappa shape index (κ2) is 6.32. The molecule has 0 radical (unpaired) electrons. The van der Waals surface area contributed by atoms with E-state index in [1.54, 1.807) is 19.1 Å². The van der Waals surface area contributed by atoms with E-state index in [-0.39, 0.29) is 10.4 Å². The maximum atomic E-state index is 12.7. The minimum atomic E-state index is -3.93. The number of aromatic nitrogens is 2. The van der Waals surface area contributed by atoms with Crippen LogP contribution in [0.25, 0.3) is 11.0 Å². The van der Waals surface area contributed by atoms with E-state index in [0.717, 1.165) is 0 Å². The number of aromatic amines is 2. The number of hydrogen-bond donors (Lipinski definition) is 3. The molecule has 7 nitrogen and oxygen atoms in total. The average Bonchev–Trinajstić information content (AvgIpc) is 2.51. The maximum absolute atomic E-state index is 12.7. The Morgan fingerprint density at radius 3 is 2.24 bits per heavy atom. The van der Waals surface area contributed by atoms with Gasteiger partial charge in [-0.2, -0.15) is 0 Å². The van der Waals surface area contributed by atoms with Gasteiger partial charge in [0.2, 0.25) is 0 Å². The van der Waals surface area contributed by atoms with Crippen LogP contribution in [-0.2, 0) is 10.0 Å². The molecule has 25 heavy (non-hydrogen) atoms. The average molecular weight is 445 g/mol. The van der Waals surface area contributed by atoms with Crippen molar-refractivity contribution >= 4 is 54.3 Å². The highest BCUT2D eigenvalue weighted by Crippen LogP contribution is 2.28. The van der Waals surface area contributed by atoms with Crippen LogP contribution in [0.1, 0.15) is 5.56 Å². The summed E-state index contributed by atoms with van der Waals surface area (Å²) in [5.74, 6) is 0. The minimum absolute atomic E-state index is 0.0262. The molecule has 0 aliphatic carbocycles. The lowest BCUT2D eigenvalue weighted by molar-refractivity contribution is 0.600. The first kappa shape index (κ1) is 17.7. The first-order valence-electron chi connectivity index (χ1n) is 6.92. The van der Waals surface area contributed by atoms with Crippen LogP contribution < -0.4 is 15.8 Å². The smallest absolute Gasteiger partial charge is 0.314 e. The minimum Gasteiger partial charge on any atom is -0.316 e. The Morgan fingerprint density at radius 2 is 1.64 bits per heavy atom. The van der Waals surface area contributed by atoms with Crippen LogP contribution >= 0.6 is 27.5 Å². The highest BCUT2D eigenvalue weighted by molar-refractivity contribution is 9.10. The lowest BCUT2D eigenvalue weighted by Crippen LogP contribution is -2.29. The molecule has 0 spiro atoms. The number of fused-ring (bicyclic) bond motifs is 1. The molecule has 0 bridgehead atoms. The molecule has 3 N–H and O–H groups in total. The van der Waals surface area contributed by atoms with Gasteiger partial charge in [-0.05, 0) is 58.7 Å². The van der Waals surface area contributed by atoms with E-state index < -0.39 is 21.1 Å². The largest absolute Gasteiger partial charge is 0.316 e. The lowest BCUT2D eigenvalue weighted by Gasteiger charge is -2.12. The topological polar surface area (TPSA) is 112 Å². The zero-order valence-corrected chi connectivity index (χ0v) is 15.8. The predicted molar refractivity (Wildman–Crippen MR) is 99.9 cm³/mol. The highest BCUT2D eigenvalue weighted by Gasteiger charge is 2.19. The molecule has 3 rings (SSSR count). The normalized spacial score (nSPS) is 11.6. The zero-order chi connectivity index (χ0) is 18.4. The molecule has 0 saturated carbocycles. The number of H-pyrrole nitrogens is 2. The summed E-state index contributed by atoms with van der Waals surface area (Å²) >= 11 is 9.21. The molecule has 0 fully saturated rings. The fraction of sp³-hybridized carbons (Fsp3) is 0.0667. The fourth-order valence-electron chi connectivity index (χ4n) is 2.31. The van der Waals surface area contributed by atoms with Crippen molar-refractivity contribution in [3.05, 3.63) is 66.1 Å². The third kappa shape index (κ3) is 3.48. The summed E-state index contributed by atoms with van der Waals surface area (Å²) in [7, 11) is -3.93. The van der Waals surface area contributed by atoms with Crippen LogP contribution in [0.4, 0.5) is 5.69 Å². The molecule has 3 aromatic rings. The Hall–Kier alpha value is -2.10. The van der Waals surface area contributed by atoms with Crippen molar-refractivity contribution in [3.8, 4) is 0 Å². The standard InChI is InChI=1S/C15H11BrClN3O4S/c1-7-4-11-12(19-15(22)14(21)18-11)6-13(7)25(23,24)20-8-2-3-9(16)10(17)5-8/h2-6,20H,1H3,(H,18,21)(H,19,22). The number of rotatable bonds is 3. The lowest BCUT2D eigenvalue weighted by atomic mass is 10.2. The molecular weight excluding hydrogens is 434 g/mol. The van der Waals surface area contributed by atoms with E-state index in [2.05, 4.69) is 30.6 Å². The van der Waals surface area contributed by atoms with E-state index in [1.807, 2.05) is 0 Å². The highest BCUT2D eigenvalue weighted by atomic mass is 79.9. The molecular formula is C15H11BrClN3O4S. The van der Waals surface area contributed by atoms with E-state index in [9.17, 15) is 18.0 Å². The molecule has 0 atom stereocenters. The first-order valence-corrected chi connectivity index (χ1v) is 9.57. The second-order valence-electron chi connectivity index (χ2n) is 5.31. The Morgan fingerprint density at radius 1 is 1.04 bits per heavy atom. The third-order valence-corrected chi connectivity index (χ3v) is 6.23. The number of sulfonamides is 1. The number of halogens is 2. The fourth-order valence-corrected chi connectivity index (χ4v) is 4.04. The summed E-state index contributed by atoms with van der Waals surface area (Å²) in [6, 6.07) is 7.43. The SMILES string of the molecule is Cc1cc2[nH]c(=O)c(=O)[nH]c2cc1S(=O)(=O)Nc1ccc(Br)c(Cl)c1. The molecule has 0 saturated heterocycles. The summed E-state index contributed by atoms with van der Waals surface area (Å²) in [6.45, 7) is 1.59. The molecule has 0 unspecified atom stereocenters. The van der Waals surface area contributed by atoms with Gasteiger partial charge in [-0.1, -0.05) is 11.6 Å². The number of anilines is 1. The van der Waals surface area contributed by atoms with Crippen LogP contribution in [0, 0.1) is 6.92 Å². The van der Waals surface area contributed by atoms with Crippen molar-refractivity contribution < 1.29 is 8.42 Å². The van der Waals surface area contributed by atoms with Crippen LogP contribution in [0.3, 0.4) is 0 Å². The van der Waals surface area contributed by atoms with Gasteiger partial charge in [0.1, 0.15) is 0 Å². The Kier molecular flexibility index (Phi) is 4.48. The van der Waals surface area contributed by atoms with Crippen LogP contribution in [0.15, 0.2) is 49.3 Å². The van der Waals surface area contributed by atoms with Gasteiger partial charge in [-0.15, -0.1) is 0 Å². The summed E-state index contributed by atoms with van der Waals surface area (Å²) < 4.78 is 28.4. The van der Waals surface area contributed by atoms with Crippen molar-refractivity contribution in [2.75, 3.05) is 4.72 Å². The number of nitrogens with one attached hydrogen (secondary N) is 3. The van der Waals surface area contributed by atoms with Gasteiger partial charge in [0.05, 0.1) is 26.6 Å². The Balaban J connectivity index is 2.11. The van der Waals surface area contributed by atoms with Gasteiger partial charge >= 0.3 is 11.1 Å². The molecule has 0 aliphatic heterocycles. The molecule has 10 heteroatoms. The van der Waals surface area contributed by atoms with Crippen molar-refractivity contribution in [1.82, 2.24) is 9.97 Å². The van der Waals surface area contributed by atoms with Crippen LogP contribution in [-0.4, -0.2) is 18.4 Å². The predicted octanol–water partition coefficient (Wildman–Crippen LogP) is 2.74. The second-order valence-corrected chi connectivity index (χ2v) is 8.22. The Bertz CT molecular complexity index is 1220. The monoisotopic (exact) mass is 443 g/mol. The molecule has 0 amide bonds. The van der Waals surface area contributed by atoms with Gasteiger partial charge in [0.25, 0.3) is 10.0 Å². The van der Waals surface area contributed by atoms with Crippen molar-refractivity contribution in [2.45, 2.75) is 11.8 Å². The molecule has 130 valence electrons. The van der Waals surface area contributed by atoms with Gasteiger partial charge in [0, 0.05) is 4.47 Å². The number of benzene rings is 2. The van der Waals surface area contributed by atoms with Crippen LogP contribution in [0.5, 0.6) is 0 Å². The van der Waals surface area contributed by atoms with E-state index in [1.165, 1.54) is 18.2 Å². The maximum Gasteiger partial charge on any atom is 0.314 e. The summed E-state index contributed by atoms with van der Waals surface area (Å²) in [6.07, 6.45) is 0. The van der Waals surface area contributed by atoms with Crippen molar-refractivity contribution in [2.24, 2.45) is 0 Å². The molecule has 0 aliphatic rings. The summed E-state index contributed by atoms with van der Waals surface area (Å²) in [5, 5.41) is 0.359. The van der Waals surface area contributed by atoms with Gasteiger partial charge in [-0.3, -0.25) is 14.3 Å². The molecule has 1 aromatic heterocycles.